The Bertz CT molecular complexity index is 1430. The average molecular weight is 463 g/mol. The van der Waals surface area contributed by atoms with Crippen molar-refractivity contribution >= 4 is 22.6 Å². The highest BCUT2D eigenvalue weighted by atomic mass is 19.1. The molecule has 0 N–H and O–H groups in total. The summed E-state index contributed by atoms with van der Waals surface area (Å²) in [5, 5.41) is 1.11. The van der Waals surface area contributed by atoms with E-state index in [9.17, 15) is 4.39 Å². The number of fused-ring (bicyclic) bond motifs is 1. The molecule has 0 aliphatic heterocycles. The molecule has 4 nitrogen and oxygen atoms in total. The number of nitrogens with zero attached hydrogens (tertiary/aromatic N) is 2. The van der Waals surface area contributed by atoms with Crippen molar-refractivity contribution < 1.29 is 13.9 Å². The molecule has 0 saturated heterocycles. The molecular formula is C30H23FN2O2. The summed E-state index contributed by atoms with van der Waals surface area (Å²) in [6, 6.07) is 29.9. The molecule has 172 valence electrons. The highest BCUT2D eigenvalue weighted by molar-refractivity contribution is 5.82. The molecule has 0 saturated carbocycles. The van der Waals surface area contributed by atoms with Gasteiger partial charge in [-0.05, 0) is 71.3 Å². The van der Waals surface area contributed by atoms with E-state index in [-0.39, 0.29) is 5.82 Å². The van der Waals surface area contributed by atoms with Gasteiger partial charge in [0.15, 0.2) is 0 Å². The van der Waals surface area contributed by atoms with Gasteiger partial charge in [-0.1, -0.05) is 48.5 Å². The van der Waals surface area contributed by atoms with Crippen molar-refractivity contribution in [2.24, 2.45) is 0 Å². The van der Waals surface area contributed by atoms with Gasteiger partial charge in [-0.25, -0.2) is 9.37 Å². The van der Waals surface area contributed by atoms with Crippen molar-refractivity contribution in [3.63, 3.8) is 0 Å². The second kappa shape index (κ2) is 10.6. The third-order valence-electron chi connectivity index (χ3n) is 5.52. The molecule has 0 aliphatic rings. The summed E-state index contributed by atoms with van der Waals surface area (Å²) in [4.78, 5) is 8.68. The monoisotopic (exact) mass is 462 g/mol. The number of hydrogen-bond donors (Lipinski definition) is 0. The van der Waals surface area contributed by atoms with Crippen molar-refractivity contribution in [1.29, 1.82) is 0 Å². The molecular weight excluding hydrogens is 439 g/mol. The van der Waals surface area contributed by atoms with E-state index >= 15 is 0 Å². The lowest BCUT2D eigenvalue weighted by Crippen LogP contribution is -2.02. The van der Waals surface area contributed by atoms with Crippen LogP contribution in [0.5, 0.6) is 11.5 Å². The third kappa shape index (κ3) is 5.89. The van der Waals surface area contributed by atoms with E-state index < -0.39 is 0 Å². The molecule has 35 heavy (non-hydrogen) atoms. The summed E-state index contributed by atoms with van der Waals surface area (Å²) in [7, 11) is 0. The Labute approximate surface area is 203 Å². The molecule has 0 aliphatic carbocycles. The van der Waals surface area contributed by atoms with E-state index in [0.29, 0.717) is 13.2 Å². The highest BCUT2D eigenvalue weighted by Crippen LogP contribution is 2.24. The van der Waals surface area contributed by atoms with Gasteiger partial charge in [-0.3, -0.25) is 4.98 Å². The standard InChI is InChI=1S/C30H23FN2O2/c31-26-10-5-22(6-11-26)19-25(20-34-29-15-17-32-18-16-29)23-8-13-28(14-9-23)35-21-27-12-7-24-3-1-2-4-30(24)33-27/h1-19H,20-21H2. The zero-order valence-corrected chi connectivity index (χ0v) is 19.0. The van der Waals surface area contributed by atoms with Gasteiger partial charge < -0.3 is 9.47 Å². The van der Waals surface area contributed by atoms with Crippen molar-refractivity contribution in [2.45, 2.75) is 6.61 Å². The summed E-state index contributed by atoms with van der Waals surface area (Å²) in [6.07, 6.45) is 5.37. The second-order valence-corrected chi connectivity index (χ2v) is 8.00. The summed E-state index contributed by atoms with van der Waals surface area (Å²) in [5.41, 5.74) is 4.65. The minimum Gasteiger partial charge on any atom is -0.489 e. The number of halogens is 1. The van der Waals surface area contributed by atoms with Crippen LogP contribution in [0.4, 0.5) is 4.39 Å². The Morgan fingerprint density at radius 1 is 0.743 bits per heavy atom. The number of rotatable bonds is 8. The fraction of sp³-hybridized carbons (Fsp3) is 0.0667. The molecule has 5 aromatic rings. The first-order valence-electron chi connectivity index (χ1n) is 11.3. The number of hydrogen-bond acceptors (Lipinski definition) is 4. The maximum absolute atomic E-state index is 13.4. The first-order valence-corrected chi connectivity index (χ1v) is 11.3. The van der Waals surface area contributed by atoms with Gasteiger partial charge in [-0.15, -0.1) is 0 Å². The van der Waals surface area contributed by atoms with Crippen LogP contribution in [0.2, 0.25) is 0 Å². The summed E-state index contributed by atoms with van der Waals surface area (Å²) >= 11 is 0. The Hall–Kier alpha value is -4.51. The van der Waals surface area contributed by atoms with Crippen molar-refractivity contribution in [3.8, 4) is 11.5 Å². The van der Waals surface area contributed by atoms with Crippen LogP contribution >= 0.6 is 0 Å². The van der Waals surface area contributed by atoms with Gasteiger partial charge in [0.25, 0.3) is 0 Å². The lowest BCUT2D eigenvalue weighted by atomic mass is 10.0. The molecule has 2 heterocycles. The van der Waals surface area contributed by atoms with Crippen LogP contribution in [0.1, 0.15) is 16.8 Å². The molecule has 0 amide bonds. The molecule has 0 spiro atoms. The average Bonchev–Trinajstić information content (AvgIpc) is 2.92. The van der Waals surface area contributed by atoms with E-state index in [1.165, 1.54) is 12.1 Å². The first-order chi connectivity index (χ1) is 17.2. The second-order valence-electron chi connectivity index (χ2n) is 8.00. The lowest BCUT2D eigenvalue weighted by Gasteiger charge is -2.12. The minimum absolute atomic E-state index is 0.265. The molecule has 2 aromatic heterocycles. The Morgan fingerprint density at radius 2 is 1.49 bits per heavy atom. The van der Waals surface area contributed by atoms with Crippen LogP contribution in [-0.4, -0.2) is 16.6 Å². The van der Waals surface area contributed by atoms with Gasteiger partial charge in [0.1, 0.15) is 30.5 Å². The van der Waals surface area contributed by atoms with E-state index in [0.717, 1.165) is 44.8 Å². The fourth-order valence-corrected chi connectivity index (χ4v) is 3.68. The highest BCUT2D eigenvalue weighted by Gasteiger charge is 2.06. The molecule has 0 unspecified atom stereocenters. The van der Waals surface area contributed by atoms with Crippen LogP contribution in [0, 0.1) is 5.82 Å². The summed E-state index contributed by atoms with van der Waals surface area (Å²) < 4.78 is 25.3. The molecule has 5 heteroatoms. The quantitative estimate of drug-likeness (QED) is 0.234. The van der Waals surface area contributed by atoms with Gasteiger partial charge in [-0.2, -0.15) is 0 Å². The van der Waals surface area contributed by atoms with Crippen molar-refractivity contribution in [2.75, 3.05) is 6.61 Å². The number of para-hydroxylation sites is 1. The van der Waals surface area contributed by atoms with Crippen LogP contribution in [-0.2, 0) is 6.61 Å². The molecule has 0 atom stereocenters. The number of ether oxygens (including phenoxy) is 2. The van der Waals surface area contributed by atoms with Gasteiger partial charge in [0.2, 0.25) is 0 Å². The molecule has 3 aromatic carbocycles. The molecule has 0 radical (unpaired) electrons. The van der Waals surface area contributed by atoms with E-state index in [1.54, 1.807) is 24.5 Å². The van der Waals surface area contributed by atoms with Crippen LogP contribution in [0.25, 0.3) is 22.6 Å². The van der Waals surface area contributed by atoms with Crippen LogP contribution < -0.4 is 9.47 Å². The Balaban J connectivity index is 1.32. The van der Waals surface area contributed by atoms with Crippen molar-refractivity contribution in [1.82, 2.24) is 9.97 Å². The third-order valence-corrected chi connectivity index (χ3v) is 5.52. The Morgan fingerprint density at radius 3 is 2.29 bits per heavy atom. The maximum Gasteiger partial charge on any atom is 0.130 e. The number of aromatic nitrogens is 2. The van der Waals surface area contributed by atoms with E-state index in [4.69, 9.17) is 9.47 Å². The van der Waals surface area contributed by atoms with Crippen molar-refractivity contribution in [3.05, 3.63) is 132 Å². The molecule has 5 rings (SSSR count). The summed E-state index contributed by atoms with van der Waals surface area (Å²) in [6.45, 7) is 0.732. The minimum atomic E-state index is -0.265. The number of benzene rings is 3. The smallest absolute Gasteiger partial charge is 0.130 e. The van der Waals surface area contributed by atoms with Crippen LogP contribution in [0.15, 0.2) is 109 Å². The predicted molar refractivity (Wildman–Crippen MR) is 137 cm³/mol. The predicted octanol–water partition coefficient (Wildman–Crippen LogP) is 6.97. The molecule has 0 fully saturated rings. The van der Waals surface area contributed by atoms with Gasteiger partial charge >= 0.3 is 0 Å². The zero-order valence-electron chi connectivity index (χ0n) is 19.0. The summed E-state index contributed by atoms with van der Waals surface area (Å²) in [5.74, 6) is 1.21. The first kappa shape index (κ1) is 22.3. The lowest BCUT2D eigenvalue weighted by molar-refractivity contribution is 0.302. The normalized spacial score (nSPS) is 11.4. The van der Waals surface area contributed by atoms with Crippen LogP contribution in [0.3, 0.4) is 0 Å². The van der Waals surface area contributed by atoms with Gasteiger partial charge in [0.05, 0.1) is 11.2 Å². The Kier molecular flexibility index (Phi) is 6.76. The molecule has 0 bridgehead atoms. The zero-order chi connectivity index (χ0) is 23.9. The van der Waals surface area contributed by atoms with E-state index in [1.807, 2.05) is 72.8 Å². The number of pyridine rings is 2. The van der Waals surface area contributed by atoms with E-state index in [2.05, 4.69) is 16.0 Å². The largest absolute Gasteiger partial charge is 0.489 e. The van der Waals surface area contributed by atoms with Gasteiger partial charge in [0, 0.05) is 17.8 Å². The maximum atomic E-state index is 13.4. The topological polar surface area (TPSA) is 44.2 Å². The SMILES string of the molecule is Fc1ccc(C=C(COc2ccncc2)c2ccc(OCc3ccc4ccccc4n3)cc2)cc1. The fourth-order valence-electron chi connectivity index (χ4n) is 3.68.